The van der Waals surface area contributed by atoms with Gasteiger partial charge in [0.2, 0.25) is 0 Å². The smallest absolute Gasteiger partial charge is 0.266 e. The summed E-state index contributed by atoms with van der Waals surface area (Å²) in [6, 6.07) is 0. The lowest BCUT2D eigenvalue weighted by Crippen LogP contribution is -2.08. The predicted molar refractivity (Wildman–Crippen MR) is 47.5 cm³/mol. The Hall–Kier alpha value is -0.380. The van der Waals surface area contributed by atoms with E-state index in [1.807, 2.05) is 0 Å². The van der Waals surface area contributed by atoms with Crippen molar-refractivity contribution >= 4 is 17.5 Å². The minimum absolute atomic E-state index is 0.0823. The zero-order valence-corrected chi connectivity index (χ0v) is 7.96. The highest BCUT2D eigenvalue weighted by molar-refractivity contribution is 8.00. The van der Waals surface area contributed by atoms with Crippen LogP contribution in [-0.2, 0) is 4.79 Å². The minimum Gasteiger partial charge on any atom is -0.299 e. The van der Waals surface area contributed by atoms with Gasteiger partial charge in [-0.15, -0.1) is 0 Å². The van der Waals surface area contributed by atoms with Crippen LogP contribution < -0.4 is 0 Å². The third-order valence-electron chi connectivity index (χ3n) is 1.36. The standard InChI is InChI=1S/C8H12F2OS/c1-6(11)7(2)12-5-3-4-8(9)10/h4,7H,3,5H2,1-2H3. The largest absolute Gasteiger partial charge is 0.299 e. The highest BCUT2D eigenvalue weighted by Crippen LogP contribution is 2.13. The summed E-state index contributed by atoms with van der Waals surface area (Å²) in [5.41, 5.74) is 0. The van der Waals surface area contributed by atoms with Crippen molar-refractivity contribution in [3.05, 3.63) is 12.2 Å². The highest BCUT2D eigenvalue weighted by Gasteiger charge is 2.06. The number of hydrogen-bond donors (Lipinski definition) is 0. The number of Topliss-reactive ketones (excluding diaryl/α,β-unsaturated/α-hetero) is 1. The van der Waals surface area contributed by atoms with E-state index in [0.29, 0.717) is 12.2 Å². The SMILES string of the molecule is CC(=O)C(C)SCCC=C(F)F. The van der Waals surface area contributed by atoms with Gasteiger partial charge in [-0.3, -0.25) is 4.79 Å². The number of rotatable bonds is 5. The van der Waals surface area contributed by atoms with Gasteiger partial charge in [0.15, 0.2) is 0 Å². The van der Waals surface area contributed by atoms with Crippen molar-refractivity contribution in [3.8, 4) is 0 Å². The monoisotopic (exact) mass is 194 g/mol. The second-order valence-electron chi connectivity index (χ2n) is 2.41. The fourth-order valence-corrected chi connectivity index (χ4v) is 1.37. The summed E-state index contributed by atoms with van der Waals surface area (Å²) in [5.74, 6) is 0.655. The zero-order valence-electron chi connectivity index (χ0n) is 7.14. The molecule has 0 saturated carbocycles. The Bertz CT molecular complexity index is 176. The normalized spacial score (nSPS) is 12.3. The maximum atomic E-state index is 11.5. The average molecular weight is 194 g/mol. The van der Waals surface area contributed by atoms with E-state index < -0.39 is 6.08 Å². The first-order valence-corrected chi connectivity index (χ1v) is 4.72. The molecule has 0 N–H and O–H groups in total. The Balaban J connectivity index is 3.44. The maximum absolute atomic E-state index is 11.5. The van der Waals surface area contributed by atoms with Crippen molar-refractivity contribution in [2.45, 2.75) is 25.5 Å². The van der Waals surface area contributed by atoms with Gasteiger partial charge in [-0.25, -0.2) is 0 Å². The Morgan fingerprint density at radius 2 is 2.17 bits per heavy atom. The van der Waals surface area contributed by atoms with E-state index in [2.05, 4.69) is 0 Å². The van der Waals surface area contributed by atoms with E-state index >= 15 is 0 Å². The zero-order chi connectivity index (χ0) is 9.56. The van der Waals surface area contributed by atoms with E-state index in [4.69, 9.17) is 0 Å². The van der Waals surface area contributed by atoms with Crippen LogP contribution in [0.25, 0.3) is 0 Å². The van der Waals surface area contributed by atoms with Crippen LogP contribution in [0.2, 0.25) is 0 Å². The molecule has 0 aliphatic heterocycles. The lowest BCUT2D eigenvalue weighted by atomic mass is 10.3. The average Bonchev–Trinajstić information content (AvgIpc) is 1.97. The van der Waals surface area contributed by atoms with Crippen LogP contribution in [0.4, 0.5) is 8.78 Å². The van der Waals surface area contributed by atoms with Crippen LogP contribution in [-0.4, -0.2) is 16.8 Å². The Labute approximate surface area is 75.2 Å². The van der Waals surface area contributed by atoms with Gasteiger partial charge in [-0.2, -0.15) is 20.5 Å². The molecule has 0 fully saturated rings. The predicted octanol–water partition coefficient (Wildman–Crippen LogP) is 2.87. The molecule has 0 aromatic carbocycles. The number of carbonyl (C=O) groups is 1. The van der Waals surface area contributed by atoms with Crippen LogP contribution in [0.3, 0.4) is 0 Å². The van der Waals surface area contributed by atoms with E-state index in [0.717, 1.165) is 6.08 Å². The molecule has 0 amide bonds. The molecule has 0 heterocycles. The molecule has 0 bridgehead atoms. The number of ketones is 1. The Kier molecular flexibility index (Phi) is 5.98. The number of allylic oxidation sites excluding steroid dienone is 1. The maximum Gasteiger partial charge on any atom is 0.266 e. The molecule has 12 heavy (non-hydrogen) atoms. The van der Waals surface area contributed by atoms with E-state index in [-0.39, 0.29) is 11.0 Å². The fraction of sp³-hybridized carbons (Fsp3) is 0.625. The second-order valence-corrected chi connectivity index (χ2v) is 3.85. The molecular weight excluding hydrogens is 182 g/mol. The molecule has 1 unspecified atom stereocenters. The van der Waals surface area contributed by atoms with Crippen LogP contribution in [0.5, 0.6) is 0 Å². The number of halogens is 2. The molecule has 0 spiro atoms. The van der Waals surface area contributed by atoms with Crippen LogP contribution >= 0.6 is 11.8 Å². The fourth-order valence-electron chi connectivity index (χ4n) is 0.530. The van der Waals surface area contributed by atoms with Gasteiger partial charge in [0.1, 0.15) is 5.78 Å². The summed E-state index contributed by atoms with van der Waals surface area (Å²) in [6.07, 6.45) is -0.448. The van der Waals surface area contributed by atoms with Gasteiger partial charge in [0.25, 0.3) is 6.08 Å². The molecular formula is C8H12F2OS. The molecule has 1 nitrogen and oxygen atoms in total. The summed E-state index contributed by atoms with van der Waals surface area (Å²) >= 11 is 1.40. The van der Waals surface area contributed by atoms with Gasteiger partial charge in [0, 0.05) is 0 Å². The van der Waals surface area contributed by atoms with Crippen LogP contribution in [0.1, 0.15) is 20.3 Å². The second kappa shape index (κ2) is 6.17. The van der Waals surface area contributed by atoms with E-state index in [9.17, 15) is 13.6 Å². The summed E-state index contributed by atoms with van der Waals surface area (Å²) in [7, 11) is 0. The molecule has 0 aromatic heterocycles. The van der Waals surface area contributed by atoms with Crippen molar-refractivity contribution in [2.24, 2.45) is 0 Å². The highest BCUT2D eigenvalue weighted by atomic mass is 32.2. The van der Waals surface area contributed by atoms with Gasteiger partial charge in [0.05, 0.1) is 5.25 Å². The van der Waals surface area contributed by atoms with Gasteiger partial charge in [-0.05, 0) is 32.1 Å². The summed E-state index contributed by atoms with van der Waals surface area (Å²) < 4.78 is 23.0. The van der Waals surface area contributed by atoms with E-state index in [1.165, 1.54) is 18.7 Å². The van der Waals surface area contributed by atoms with Gasteiger partial charge >= 0.3 is 0 Å². The summed E-state index contributed by atoms with van der Waals surface area (Å²) in [6.45, 7) is 3.28. The number of thioether (sulfide) groups is 1. The van der Waals surface area contributed by atoms with Gasteiger partial charge < -0.3 is 0 Å². The minimum atomic E-state index is -1.65. The number of carbonyl (C=O) groups excluding carboxylic acids is 1. The molecule has 0 aliphatic carbocycles. The third-order valence-corrected chi connectivity index (χ3v) is 2.66. The first-order chi connectivity index (χ1) is 5.54. The Morgan fingerprint density at radius 3 is 2.58 bits per heavy atom. The summed E-state index contributed by atoms with van der Waals surface area (Å²) in [4.78, 5) is 10.7. The van der Waals surface area contributed by atoms with Crippen molar-refractivity contribution in [1.29, 1.82) is 0 Å². The molecule has 0 rings (SSSR count). The molecule has 0 aromatic rings. The summed E-state index contributed by atoms with van der Waals surface area (Å²) in [5, 5.41) is -0.0823. The van der Waals surface area contributed by atoms with Crippen molar-refractivity contribution in [1.82, 2.24) is 0 Å². The first kappa shape index (κ1) is 11.6. The molecule has 0 saturated heterocycles. The molecule has 70 valence electrons. The molecule has 0 radical (unpaired) electrons. The van der Waals surface area contributed by atoms with Crippen molar-refractivity contribution in [3.63, 3.8) is 0 Å². The third kappa shape index (κ3) is 6.34. The van der Waals surface area contributed by atoms with Crippen molar-refractivity contribution in [2.75, 3.05) is 5.75 Å². The van der Waals surface area contributed by atoms with Gasteiger partial charge in [-0.1, -0.05) is 0 Å². The quantitative estimate of drug-likeness (QED) is 0.626. The van der Waals surface area contributed by atoms with Crippen molar-refractivity contribution < 1.29 is 13.6 Å². The molecule has 0 aliphatic rings. The van der Waals surface area contributed by atoms with Crippen LogP contribution in [0.15, 0.2) is 12.2 Å². The lowest BCUT2D eigenvalue weighted by Gasteiger charge is -2.04. The Morgan fingerprint density at radius 1 is 1.58 bits per heavy atom. The topological polar surface area (TPSA) is 17.1 Å². The molecule has 1 atom stereocenters. The molecule has 4 heteroatoms. The lowest BCUT2D eigenvalue weighted by molar-refractivity contribution is -0.116. The first-order valence-electron chi connectivity index (χ1n) is 3.67. The number of hydrogen-bond acceptors (Lipinski definition) is 2. The van der Waals surface area contributed by atoms with E-state index in [1.54, 1.807) is 6.92 Å². The van der Waals surface area contributed by atoms with Crippen LogP contribution in [0, 0.1) is 0 Å².